The van der Waals surface area contributed by atoms with Crippen molar-refractivity contribution in [3.8, 4) is 0 Å². The molecule has 0 aromatic carbocycles. The average molecular weight is 245 g/mol. The van der Waals surface area contributed by atoms with Crippen LogP contribution in [0.25, 0.3) is 0 Å². The van der Waals surface area contributed by atoms with Gasteiger partial charge in [-0.05, 0) is 35.2 Å². The Morgan fingerprint density at radius 1 is 1.69 bits per heavy atom. The molecular weight excluding hydrogens is 236 g/mol. The Balaban J connectivity index is 2.46. The van der Waals surface area contributed by atoms with Gasteiger partial charge in [0.15, 0.2) is 0 Å². The molecule has 1 aliphatic carbocycles. The van der Waals surface area contributed by atoms with Crippen molar-refractivity contribution in [1.29, 1.82) is 0 Å². The van der Waals surface area contributed by atoms with Crippen LogP contribution in [-0.2, 0) is 11.2 Å². The Kier molecular flexibility index (Phi) is 2.11. The van der Waals surface area contributed by atoms with Gasteiger partial charge in [0, 0.05) is 11.3 Å². The molecule has 1 aromatic rings. The normalized spacial score (nSPS) is 21.2. The van der Waals surface area contributed by atoms with Crippen molar-refractivity contribution in [1.82, 2.24) is 10.2 Å². The number of rotatable bonds is 1. The minimum Gasteiger partial charge on any atom is -0.481 e. The van der Waals surface area contributed by atoms with E-state index in [0.29, 0.717) is 11.0 Å². The average Bonchev–Trinajstić information content (AvgIpc) is 2.48. The van der Waals surface area contributed by atoms with Gasteiger partial charge in [0.2, 0.25) is 0 Å². The molecule has 0 amide bonds. The first-order valence-electron chi connectivity index (χ1n) is 4.15. The lowest BCUT2D eigenvalue weighted by molar-refractivity contribution is -0.139. The van der Waals surface area contributed by atoms with Crippen molar-refractivity contribution >= 4 is 21.9 Å². The van der Waals surface area contributed by atoms with Gasteiger partial charge in [-0.1, -0.05) is 0 Å². The molecule has 0 radical (unpaired) electrons. The number of H-pyrrole nitrogens is 1. The van der Waals surface area contributed by atoms with E-state index in [4.69, 9.17) is 5.11 Å². The number of aryl methyl sites for hydroxylation is 1. The van der Waals surface area contributed by atoms with Crippen molar-refractivity contribution in [2.24, 2.45) is 0 Å². The second-order valence-corrected chi connectivity index (χ2v) is 3.94. The van der Waals surface area contributed by atoms with E-state index in [-0.39, 0.29) is 0 Å². The second-order valence-electron chi connectivity index (χ2n) is 3.19. The topological polar surface area (TPSA) is 66.0 Å². The van der Waals surface area contributed by atoms with E-state index in [1.807, 2.05) is 0 Å². The van der Waals surface area contributed by atoms with E-state index in [9.17, 15) is 4.79 Å². The van der Waals surface area contributed by atoms with Crippen LogP contribution in [0.1, 0.15) is 30.0 Å². The van der Waals surface area contributed by atoms with Gasteiger partial charge in [-0.3, -0.25) is 9.89 Å². The molecule has 0 spiro atoms. The number of aromatic nitrogens is 2. The van der Waals surface area contributed by atoms with E-state index < -0.39 is 11.9 Å². The van der Waals surface area contributed by atoms with Crippen LogP contribution in [0.5, 0.6) is 0 Å². The highest BCUT2D eigenvalue weighted by atomic mass is 79.9. The first-order chi connectivity index (χ1) is 6.20. The van der Waals surface area contributed by atoms with Crippen molar-refractivity contribution in [2.75, 3.05) is 0 Å². The van der Waals surface area contributed by atoms with Crippen LogP contribution in [0.3, 0.4) is 0 Å². The second kappa shape index (κ2) is 3.14. The number of fused-ring (bicyclic) bond motifs is 1. The summed E-state index contributed by atoms with van der Waals surface area (Å²) < 4.78 is 0.648. The lowest BCUT2D eigenvalue weighted by atomic mass is 9.87. The van der Waals surface area contributed by atoms with Crippen molar-refractivity contribution in [2.45, 2.75) is 25.2 Å². The predicted molar refractivity (Wildman–Crippen MR) is 49.6 cm³/mol. The van der Waals surface area contributed by atoms with Crippen molar-refractivity contribution < 1.29 is 9.90 Å². The maximum atomic E-state index is 10.9. The van der Waals surface area contributed by atoms with E-state index >= 15 is 0 Å². The fourth-order valence-corrected chi connectivity index (χ4v) is 2.38. The summed E-state index contributed by atoms with van der Waals surface area (Å²) in [6.07, 6.45) is 2.52. The molecule has 70 valence electrons. The number of nitrogens with one attached hydrogen (secondary N) is 1. The molecule has 1 atom stereocenters. The summed E-state index contributed by atoms with van der Waals surface area (Å²) in [6, 6.07) is 0. The molecule has 1 heterocycles. The summed E-state index contributed by atoms with van der Waals surface area (Å²) in [5.74, 6) is -1.15. The Bertz CT molecular complexity index is 348. The standard InChI is InChI=1S/C8H9BrN2O2/c9-7-6-4(8(12)13)2-1-3-5(6)10-11-7/h4H,1-3H2,(H,10,11)(H,12,13). The van der Waals surface area contributed by atoms with Gasteiger partial charge in [0.1, 0.15) is 4.60 Å². The first-order valence-corrected chi connectivity index (χ1v) is 4.95. The predicted octanol–water partition coefficient (Wildman–Crippen LogP) is 1.68. The Labute approximate surface area is 83.5 Å². The molecule has 0 saturated carbocycles. The van der Waals surface area contributed by atoms with Crippen LogP contribution in [0.15, 0.2) is 4.60 Å². The number of carboxylic acid groups (broad SMARTS) is 1. The third kappa shape index (κ3) is 1.37. The summed E-state index contributed by atoms with van der Waals surface area (Å²) in [6.45, 7) is 0. The van der Waals surface area contributed by atoms with Crippen LogP contribution in [0.2, 0.25) is 0 Å². The molecule has 1 aliphatic rings. The monoisotopic (exact) mass is 244 g/mol. The molecule has 0 bridgehead atoms. The SMILES string of the molecule is O=C(O)C1CCCc2[nH]nc(Br)c21. The molecule has 0 fully saturated rings. The Hall–Kier alpha value is -0.840. The van der Waals surface area contributed by atoms with E-state index in [2.05, 4.69) is 26.1 Å². The fourth-order valence-electron chi connectivity index (χ4n) is 1.78. The molecule has 2 N–H and O–H groups in total. The van der Waals surface area contributed by atoms with Gasteiger partial charge in [-0.25, -0.2) is 0 Å². The van der Waals surface area contributed by atoms with Crippen LogP contribution in [0.4, 0.5) is 0 Å². The molecule has 5 heteroatoms. The third-order valence-corrected chi connectivity index (χ3v) is 3.01. The zero-order valence-electron chi connectivity index (χ0n) is 6.88. The van der Waals surface area contributed by atoms with Gasteiger partial charge < -0.3 is 5.11 Å². The summed E-state index contributed by atoms with van der Waals surface area (Å²) >= 11 is 3.26. The van der Waals surface area contributed by atoms with Gasteiger partial charge in [-0.2, -0.15) is 5.10 Å². The lowest BCUT2D eigenvalue weighted by Gasteiger charge is -2.17. The number of aromatic amines is 1. The third-order valence-electron chi connectivity index (χ3n) is 2.40. The number of carbonyl (C=O) groups is 1. The number of hydrogen-bond acceptors (Lipinski definition) is 2. The molecule has 13 heavy (non-hydrogen) atoms. The van der Waals surface area contributed by atoms with Crippen LogP contribution >= 0.6 is 15.9 Å². The minimum absolute atomic E-state index is 0.392. The van der Waals surface area contributed by atoms with E-state index in [1.54, 1.807) is 0 Å². The van der Waals surface area contributed by atoms with Crippen LogP contribution < -0.4 is 0 Å². The number of nitrogens with zero attached hydrogens (tertiary/aromatic N) is 1. The summed E-state index contributed by atoms with van der Waals surface area (Å²) in [5, 5.41) is 15.8. The van der Waals surface area contributed by atoms with Crippen LogP contribution in [0, 0.1) is 0 Å². The molecule has 4 nitrogen and oxygen atoms in total. The quantitative estimate of drug-likeness (QED) is 0.790. The fraction of sp³-hybridized carbons (Fsp3) is 0.500. The molecule has 1 unspecified atom stereocenters. The largest absolute Gasteiger partial charge is 0.481 e. The number of carboxylic acids is 1. The molecular formula is C8H9BrN2O2. The van der Waals surface area contributed by atoms with Crippen LogP contribution in [-0.4, -0.2) is 21.3 Å². The Morgan fingerprint density at radius 3 is 3.15 bits per heavy atom. The highest BCUT2D eigenvalue weighted by molar-refractivity contribution is 9.10. The first kappa shape index (κ1) is 8.74. The highest BCUT2D eigenvalue weighted by Gasteiger charge is 2.30. The van der Waals surface area contributed by atoms with Gasteiger partial charge in [0.25, 0.3) is 0 Å². The maximum absolute atomic E-state index is 10.9. The van der Waals surface area contributed by atoms with Crippen molar-refractivity contribution in [3.05, 3.63) is 15.9 Å². The minimum atomic E-state index is -0.761. The Morgan fingerprint density at radius 2 is 2.46 bits per heavy atom. The summed E-state index contributed by atoms with van der Waals surface area (Å²) in [4.78, 5) is 10.9. The lowest BCUT2D eigenvalue weighted by Crippen LogP contribution is -2.17. The zero-order valence-corrected chi connectivity index (χ0v) is 8.47. The number of halogens is 1. The molecule has 0 aliphatic heterocycles. The number of hydrogen-bond donors (Lipinski definition) is 2. The maximum Gasteiger partial charge on any atom is 0.311 e. The summed E-state index contributed by atoms with van der Waals surface area (Å²) in [5.41, 5.74) is 1.80. The van der Waals surface area contributed by atoms with Gasteiger partial charge in [-0.15, -0.1) is 0 Å². The van der Waals surface area contributed by atoms with Crippen molar-refractivity contribution in [3.63, 3.8) is 0 Å². The summed E-state index contributed by atoms with van der Waals surface area (Å²) in [7, 11) is 0. The van der Waals surface area contributed by atoms with Gasteiger partial charge >= 0.3 is 5.97 Å². The molecule has 0 saturated heterocycles. The molecule has 2 rings (SSSR count). The number of aliphatic carboxylic acids is 1. The van der Waals surface area contributed by atoms with E-state index in [0.717, 1.165) is 24.1 Å². The van der Waals surface area contributed by atoms with E-state index in [1.165, 1.54) is 0 Å². The zero-order chi connectivity index (χ0) is 9.42. The highest BCUT2D eigenvalue weighted by Crippen LogP contribution is 2.35. The smallest absolute Gasteiger partial charge is 0.311 e. The van der Waals surface area contributed by atoms with Gasteiger partial charge in [0.05, 0.1) is 5.92 Å². The molecule has 1 aromatic heterocycles.